The smallest absolute Gasteiger partial charge is 0.416 e. The van der Waals surface area contributed by atoms with Gasteiger partial charge in [0, 0.05) is 17.0 Å². The number of thioether (sulfide) groups is 1. The summed E-state index contributed by atoms with van der Waals surface area (Å²) in [5.41, 5.74) is 0.684. The van der Waals surface area contributed by atoms with E-state index in [2.05, 4.69) is 15.2 Å². The molecule has 2 N–H and O–H groups in total. The van der Waals surface area contributed by atoms with Crippen molar-refractivity contribution in [2.24, 2.45) is 4.99 Å². The molecular formula is C24H18ClF3N4O3S. The number of benzene rings is 2. The maximum atomic E-state index is 13.8. The van der Waals surface area contributed by atoms with Gasteiger partial charge >= 0.3 is 12.1 Å². The third kappa shape index (κ3) is 4.60. The van der Waals surface area contributed by atoms with E-state index in [1.807, 2.05) is 0 Å². The van der Waals surface area contributed by atoms with Crippen LogP contribution >= 0.6 is 23.4 Å². The number of hydrogen-bond donors (Lipinski definition) is 2. The molecule has 3 heterocycles. The second-order valence-electron chi connectivity index (χ2n) is 8.45. The van der Waals surface area contributed by atoms with Gasteiger partial charge in [-0.25, -0.2) is 4.79 Å². The number of H-pyrrole nitrogens is 1. The Labute approximate surface area is 212 Å². The number of amidine groups is 1. The van der Waals surface area contributed by atoms with Gasteiger partial charge in [-0.2, -0.15) is 23.3 Å². The van der Waals surface area contributed by atoms with Gasteiger partial charge in [0.1, 0.15) is 6.04 Å². The van der Waals surface area contributed by atoms with E-state index < -0.39 is 29.7 Å². The SMILES string of the molecule is O=C1N=C(N2CCC[C@@H]2C(=O)O)SC1=C(Cc1ccc(Cl)cc1C(F)(F)F)c1ccc2[nH]ncc2c1. The number of hydrogen-bond acceptors (Lipinski definition) is 5. The maximum absolute atomic E-state index is 13.8. The van der Waals surface area contributed by atoms with Crippen LogP contribution in [-0.2, 0) is 22.2 Å². The number of aliphatic imine (C=N–C) groups is 1. The molecule has 1 aromatic heterocycles. The Kier molecular flexibility index (Phi) is 6.29. The van der Waals surface area contributed by atoms with Crippen LogP contribution < -0.4 is 0 Å². The highest BCUT2D eigenvalue weighted by Crippen LogP contribution is 2.41. The quantitative estimate of drug-likeness (QED) is 0.437. The first-order valence-corrected chi connectivity index (χ1v) is 12.1. The van der Waals surface area contributed by atoms with Gasteiger partial charge in [0.15, 0.2) is 5.17 Å². The van der Waals surface area contributed by atoms with E-state index in [0.29, 0.717) is 30.5 Å². The van der Waals surface area contributed by atoms with Crippen LogP contribution in [0.4, 0.5) is 13.2 Å². The number of carboxylic acid groups (broad SMARTS) is 1. The minimum Gasteiger partial charge on any atom is -0.480 e. The van der Waals surface area contributed by atoms with Crippen molar-refractivity contribution in [3.63, 3.8) is 0 Å². The number of rotatable bonds is 4. The first kappa shape index (κ1) is 24.4. The van der Waals surface area contributed by atoms with Gasteiger partial charge in [-0.3, -0.25) is 9.89 Å². The zero-order valence-corrected chi connectivity index (χ0v) is 20.0. The lowest BCUT2D eigenvalue weighted by Gasteiger charge is -2.22. The molecule has 1 atom stereocenters. The summed E-state index contributed by atoms with van der Waals surface area (Å²) < 4.78 is 41.5. The van der Waals surface area contributed by atoms with Crippen molar-refractivity contribution in [3.05, 3.63) is 69.2 Å². The van der Waals surface area contributed by atoms with Crippen LogP contribution in [0.25, 0.3) is 16.5 Å². The van der Waals surface area contributed by atoms with E-state index >= 15 is 0 Å². The molecule has 0 aliphatic carbocycles. The van der Waals surface area contributed by atoms with Crippen molar-refractivity contribution >= 4 is 56.9 Å². The second kappa shape index (κ2) is 9.29. The summed E-state index contributed by atoms with van der Waals surface area (Å²) in [6, 6.07) is 7.92. The zero-order chi connectivity index (χ0) is 25.6. The average Bonchev–Trinajstić information content (AvgIpc) is 3.56. The van der Waals surface area contributed by atoms with Crippen LogP contribution in [0.1, 0.15) is 29.5 Å². The first-order chi connectivity index (χ1) is 17.1. The van der Waals surface area contributed by atoms with E-state index in [1.54, 1.807) is 29.3 Å². The summed E-state index contributed by atoms with van der Waals surface area (Å²) in [6.07, 6.45) is -2.23. The summed E-state index contributed by atoms with van der Waals surface area (Å²) in [6.45, 7) is 0.426. The molecule has 1 amide bonds. The molecule has 3 aromatic rings. The lowest BCUT2D eigenvalue weighted by atomic mass is 9.93. The molecule has 2 aliphatic rings. The second-order valence-corrected chi connectivity index (χ2v) is 9.86. The maximum Gasteiger partial charge on any atom is 0.416 e. The molecule has 36 heavy (non-hydrogen) atoms. The lowest BCUT2D eigenvalue weighted by molar-refractivity contribution is -0.141. The molecule has 2 aromatic carbocycles. The van der Waals surface area contributed by atoms with Crippen LogP contribution in [0.5, 0.6) is 0 Å². The molecule has 7 nitrogen and oxygen atoms in total. The average molecular weight is 535 g/mol. The fourth-order valence-electron chi connectivity index (χ4n) is 4.46. The number of carboxylic acids is 1. The topological polar surface area (TPSA) is 98.6 Å². The van der Waals surface area contributed by atoms with E-state index in [4.69, 9.17) is 11.6 Å². The Morgan fingerprint density at radius 1 is 1.25 bits per heavy atom. The fraction of sp³-hybridized carbons (Fsp3) is 0.250. The molecule has 2 aliphatic heterocycles. The Balaban J connectivity index is 1.61. The summed E-state index contributed by atoms with van der Waals surface area (Å²) >= 11 is 6.85. The fourth-order valence-corrected chi connectivity index (χ4v) is 5.73. The monoisotopic (exact) mass is 534 g/mol. The van der Waals surface area contributed by atoms with Crippen LogP contribution in [0.2, 0.25) is 5.02 Å². The van der Waals surface area contributed by atoms with Crippen LogP contribution in [-0.4, -0.2) is 49.8 Å². The van der Waals surface area contributed by atoms with Gasteiger partial charge in [0.25, 0.3) is 5.91 Å². The molecule has 5 rings (SSSR count). The van der Waals surface area contributed by atoms with Crippen molar-refractivity contribution < 1.29 is 27.9 Å². The molecular weight excluding hydrogens is 517 g/mol. The van der Waals surface area contributed by atoms with Gasteiger partial charge in [0.05, 0.1) is 22.2 Å². The molecule has 0 bridgehead atoms. The molecule has 0 spiro atoms. The minimum atomic E-state index is -4.65. The van der Waals surface area contributed by atoms with Crippen molar-refractivity contribution in [1.82, 2.24) is 15.1 Å². The summed E-state index contributed by atoms with van der Waals surface area (Å²) in [7, 11) is 0. The highest BCUT2D eigenvalue weighted by molar-refractivity contribution is 8.18. The van der Waals surface area contributed by atoms with Crippen molar-refractivity contribution in [1.29, 1.82) is 0 Å². The normalized spacial score (nSPS) is 19.8. The number of alkyl halides is 3. The van der Waals surface area contributed by atoms with Gasteiger partial charge < -0.3 is 10.0 Å². The summed E-state index contributed by atoms with van der Waals surface area (Å²) in [5.74, 6) is -1.63. The summed E-state index contributed by atoms with van der Waals surface area (Å²) in [4.78, 5) is 30.5. The van der Waals surface area contributed by atoms with Crippen molar-refractivity contribution in [3.8, 4) is 0 Å². The lowest BCUT2D eigenvalue weighted by Crippen LogP contribution is -2.38. The van der Waals surface area contributed by atoms with Crippen molar-refractivity contribution in [2.75, 3.05) is 6.54 Å². The zero-order valence-electron chi connectivity index (χ0n) is 18.5. The molecule has 186 valence electrons. The predicted molar refractivity (Wildman–Crippen MR) is 131 cm³/mol. The Morgan fingerprint density at radius 3 is 2.81 bits per heavy atom. The third-order valence-corrected chi connectivity index (χ3v) is 7.54. The van der Waals surface area contributed by atoms with Gasteiger partial charge in [-0.15, -0.1) is 0 Å². The van der Waals surface area contributed by atoms with Crippen LogP contribution in [0.15, 0.2) is 52.5 Å². The number of amides is 1. The van der Waals surface area contributed by atoms with E-state index in [0.717, 1.165) is 28.7 Å². The first-order valence-electron chi connectivity index (χ1n) is 10.9. The number of nitrogens with one attached hydrogen (secondary N) is 1. The number of nitrogens with zero attached hydrogens (tertiary/aromatic N) is 3. The minimum absolute atomic E-state index is 0.0480. The molecule has 1 saturated heterocycles. The van der Waals surface area contributed by atoms with Gasteiger partial charge in [0.2, 0.25) is 0 Å². The van der Waals surface area contributed by atoms with Crippen LogP contribution in [0, 0.1) is 0 Å². The number of halogens is 4. The molecule has 1 fully saturated rings. The van der Waals surface area contributed by atoms with Gasteiger partial charge in [-0.05, 0) is 72.0 Å². The van der Waals surface area contributed by atoms with E-state index in [1.165, 1.54) is 12.1 Å². The highest BCUT2D eigenvalue weighted by Gasteiger charge is 2.39. The number of aliphatic carboxylic acids is 1. The Bertz CT molecular complexity index is 1450. The Morgan fingerprint density at radius 2 is 2.06 bits per heavy atom. The number of aromatic amines is 1. The third-order valence-electron chi connectivity index (χ3n) is 6.18. The standard InChI is InChI=1S/C24H18ClF3N4O3S/c25-15-5-3-13(17(10-15)24(26,27)28)9-16(12-4-6-18-14(8-12)11-29-31-18)20-21(33)30-23(36-20)32-7-1-2-19(32)22(34)35/h3-6,8,10-11,19H,1-2,7,9H2,(H,29,31)(H,34,35)/t19-/m1/s1. The number of carbonyl (C=O) groups is 2. The molecule has 12 heteroatoms. The van der Waals surface area contributed by atoms with Crippen LogP contribution in [0.3, 0.4) is 0 Å². The predicted octanol–water partition coefficient (Wildman–Crippen LogP) is 5.37. The van der Waals surface area contributed by atoms with E-state index in [9.17, 15) is 27.9 Å². The highest BCUT2D eigenvalue weighted by atomic mass is 35.5. The number of aromatic nitrogens is 2. The molecule has 0 saturated carbocycles. The number of carbonyl (C=O) groups excluding carboxylic acids is 1. The number of allylic oxidation sites excluding steroid dienone is 1. The number of fused-ring (bicyclic) bond motifs is 1. The largest absolute Gasteiger partial charge is 0.480 e. The van der Waals surface area contributed by atoms with Crippen molar-refractivity contribution in [2.45, 2.75) is 31.5 Å². The van der Waals surface area contributed by atoms with E-state index in [-0.39, 0.29) is 27.1 Å². The number of likely N-dealkylation sites (tertiary alicyclic amines) is 1. The Hall–Kier alpha value is -3.31. The molecule has 0 radical (unpaired) electrons. The van der Waals surface area contributed by atoms with Gasteiger partial charge in [-0.1, -0.05) is 23.7 Å². The molecule has 0 unspecified atom stereocenters. The summed E-state index contributed by atoms with van der Waals surface area (Å²) in [5, 5.41) is 17.3.